The number of hydrogen-bond donors (Lipinski definition) is 0. The first-order valence-corrected chi connectivity index (χ1v) is 9.76. The topological polar surface area (TPSA) is 49.6 Å². The fraction of sp³-hybridized carbons (Fsp3) is 0.524. The Kier molecular flexibility index (Phi) is 5.34. The lowest BCUT2D eigenvalue weighted by Crippen LogP contribution is -2.44. The van der Waals surface area contributed by atoms with E-state index in [4.69, 9.17) is 4.42 Å². The van der Waals surface area contributed by atoms with Crippen LogP contribution in [-0.4, -0.2) is 53.4 Å². The summed E-state index contributed by atoms with van der Waals surface area (Å²) >= 11 is 0. The van der Waals surface area contributed by atoms with E-state index in [9.17, 15) is 4.79 Å². The molecule has 2 aromatic rings. The number of hydrogen-bond acceptors (Lipinski definition) is 4. The SMILES string of the molecule is O=C(CN1CCCC1)N1CCCC(c2ncc(Cc3ccccc3)o2)C1. The van der Waals surface area contributed by atoms with Crippen LogP contribution in [0.5, 0.6) is 0 Å². The van der Waals surface area contributed by atoms with Gasteiger partial charge in [-0.3, -0.25) is 9.69 Å². The van der Waals surface area contributed by atoms with Gasteiger partial charge in [0.15, 0.2) is 5.89 Å². The lowest BCUT2D eigenvalue weighted by Gasteiger charge is -2.32. The second-order valence-corrected chi connectivity index (χ2v) is 7.49. The Morgan fingerprint density at radius 3 is 2.73 bits per heavy atom. The van der Waals surface area contributed by atoms with E-state index >= 15 is 0 Å². The standard InChI is InChI=1S/C21H27N3O2/c25-20(16-23-10-4-5-11-23)24-12-6-9-18(15-24)21-22-14-19(26-21)13-17-7-2-1-3-8-17/h1-3,7-8,14,18H,4-6,9-13,15-16H2. The minimum atomic E-state index is 0.218. The molecule has 5 heteroatoms. The van der Waals surface area contributed by atoms with Gasteiger partial charge in [0.1, 0.15) is 5.76 Å². The summed E-state index contributed by atoms with van der Waals surface area (Å²) in [5.41, 5.74) is 1.22. The van der Waals surface area contributed by atoms with Crippen molar-refractivity contribution >= 4 is 5.91 Å². The maximum Gasteiger partial charge on any atom is 0.236 e. The quantitative estimate of drug-likeness (QED) is 0.829. The van der Waals surface area contributed by atoms with Gasteiger partial charge < -0.3 is 9.32 Å². The zero-order valence-corrected chi connectivity index (χ0v) is 15.3. The minimum Gasteiger partial charge on any atom is -0.445 e. The molecule has 1 unspecified atom stereocenters. The zero-order chi connectivity index (χ0) is 17.8. The van der Waals surface area contributed by atoms with E-state index in [2.05, 4.69) is 22.0 Å². The number of nitrogens with zero attached hydrogens (tertiary/aromatic N) is 3. The fourth-order valence-electron chi connectivity index (χ4n) is 4.03. The second-order valence-electron chi connectivity index (χ2n) is 7.49. The Hall–Kier alpha value is -2.14. The van der Waals surface area contributed by atoms with Gasteiger partial charge in [0, 0.05) is 19.5 Å². The third-order valence-electron chi connectivity index (χ3n) is 5.47. The molecule has 2 aliphatic heterocycles. The molecule has 1 aromatic carbocycles. The Bertz CT molecular complexity index is 722. The van der Waals surface area contributed by atoms with Crippen LogP contribution in [0.25, 0.3) is 0 Å². The molecule has 4 rings (SSSR count). The van der Waals surface area contributed by atoms with Crippen molar-refractivity contribution in [3.05, 3.63) is 53.7 Å². The van der Waals surface area contributed by atoms with Crippen molar-refractivity contribution in [1.29, 1.82) is 0 Å². The van der Waals surface area contributed by atoms with Crippen LogP contribution in [0.15, 0.2) is 40.9 Å². The Labute approximate surface area is 155 Å². The van der Waals surface area contributed by atoms with E-state index in [1.807, 2.05) is 29.3 Å². The van der Waals surface area contributed by atoms with Crippen LogP contribution in [0.2, 0.25) is 0 Å². The number of aromatic nitrogens is 1. The summed E-state index contributed by atoms with van der Waals surface area (Å²) in [6, 6.07) is 10.3. The number of rotatable bonds is 5. The van der Waals surface area contributed by atoms with Gasteiger partial charge >= 0.3 is 0 Å². The lowest BCUT2D eigenvalue weighted by atomic mass is 9.98. The normalized spacial score (nSPS) is 21.2. The average molecular weight is 353 g/mol. The van der Waals surface area contributed by atoms with Gasteiger partial charge in [-0.25, -0.2) is 4.98 Å². The smallest absolute Gasteiger partial charge is 0.236 e. The molecule has 0 radical (unpaired) electrons. The van der Waals surface area contributed by atoms with Crippen LogP contribution < -0.4 is 0 Å². The summed E-state index contributed by atoms with van der Waals surface area (Å²) in [5, 5.41) is 0. The van der Waals surface area contributed by atoms with Crippen LogP contribution in [-0.2, 0) is 11.2 Å². The monoisotopic (exact) mass is 353 g/mol. The highest BCUT2D eigenvalue weighted by atomic mass is 16.4. The summed E-state index contributed by atoms with van der Waals surface area (Å²) < 4.78 is 6.03. The Morgan fingerprint density at radius 2 is 1.92 bits per heavy atom. The summed E-state index contributed by atoms with van der Waals surface area (Å²) in [5.74, 6) is 2.16. The number of amides is 1. The number of piperidine rings is 1. The van der Waals surface area contributed by atoms with E-state index in [1.54, 1.807) is 0 Å². The van der Waals surface area contributed by atoms with Crippen LogP contribution >= 0.6 is 0 Å². The van der Waals surface area contributed by atoms with Crippen molar-refractivity contribution in [3.63, 3.8) is 0 Å². The number of oxazole rings is 1. The molecule has 2 fully saturated rings. The molecule has 1 amide bonds. The molecule has 0 N–H and O–H groups in total. The molecular formula is C21H27N3O2. The summed E-state index contributed by atoms with van der Waals surface area (Å²) in [6.45, 7) is 4.29. The number of likely N-dealkylation sites (tertiary alicyclic amines) is 2. The van der Waals surface area contributed by atoms with Crippen LogP contribution in [0.4, 0.5) is 0 Å². The summed E-state index contributed by atoms with van der Waals surface area (Å²) in [4.78, 5) is 21.4. The molecule has 0 spiro atoms. The molecule has 5 nitrogen and oxygen atoms in total. The Morgan fingerprint density at radius 1 is 1.12 bits per heavy atom. The first kappa shape index (κ1) is 17.3. The molecule has 0 aliphatic carbocycles. The van der Waals surface area contributed by atoms with Gasteiger partial charge in [-0.2, -0.15) is 0 Å². The van der Waals surface area contributed by atoms with Crippen molar-refractivity contribution in [2.24, 2.45) is 0 Å². The van der Waals surface area contributed by atoms with Crippen LogP contribution in [0, 0.1) is 0 Å². The van der Waals surface area contributed by atoms with Gasteiger partial charge in [0.25, 0.3) is 0 Å². The van der Waals surface area contributed by atoms with Crippen molar-refractivity contribution in [2.75, 3.05) is 32.7 Å². The van der Waals surface area contributed by atoms with E-state index in [0.717, 1.165) is 57.1 Å². The predicted molar refractivity (Wildman–Crippen MR) is 100.0 cm³/mol. The minimum absolute atomic E-state index is 0.218. The van der Waals surface area contributed by atoms with Gasteiger partial charge in [-0.05, 0) is 44.3 Å². The van der Waals surface area contributed by atoms with Crippen molar-refractivity contribution < 1.29 is 9.21 Å². The van der Waals surface area contributed by atoms with E-state index in [1.165, 1.54) is 18.4 Å². The molecule has 1 aromatic heterocycles. The highest BCUT2D eigenvalue weighted by molar-refractivity contribution is 5.78. The van der Waals surface area contributed by atoms with Gasteiger partial charge in [-0.1, -0.05) is 30.3 Å². The number of benzene rings is 1. The first-order valence-electron chi connectivity index (χ1n) is 9.76. The highest BCUT2D eigenvalue weighted by Gasteiger charge is 2.29. The largest absolute Gasteiger partial charge is 0.445 e. The predicted octanol–water partition coefficient (Wildman–Crippen LogP) is 3.07. The second kappa shape index (κ2) is 8.04. The number of carbonyl (C=O) groups is 1. The Balaban J connectivity index is 1.36. The van der Waals surface area contributed by atoms with Crippen LogP contribution in [0.1, 0.15) is 48.8 Å². The zero-order valence-electron chi connectivity index (χ0n) is 15.3. The first-order chi connectivity index (χ1) is 12.8. The highest BCUT2D eigenvalue weighted by Crippen LogP contribution is 2.27. The van der Waals surface area contributed by atoms with Gasteiger partial charge in [0.05, 0.1) is 18.7 Å². The lowest BCUT2D eigenvalue weighted by molar-refractivity contribution is -0.133. The van der Waals surface area contributed by atoms with Crippen molar-refractivity contribution in [3.8, 4) is 0 Å². The van der Waals surface area contributed by atoms with Crippen molar-refractivity contribution in [1.82, 2.24) is 14.8 Å². The molecule has 0 saturated carbocycles. The molecule has 1 atom stereocenters. The van der Waals surface area contributed by atoms with Gasteiger partial charge in [0.2, 0.25) is 5.91 Å². The van der Waals surface area contributed by atoms with Crippen LogP contribution in [0.3, 0.4) is 0 Å². The molecule has 138 valence electrons. The summed E-state index contributed by atoms with van der Waals surface area (Å²) in [6.07, 6.45) is 7.10. The molecule has 26 heavy (non-hydrogen) atoms. The molecular weight excluding hydrogens is 326 g/mol. The summed E-state index contributed by atoms with van der Waals surface area (Å²) in [7, 11) is 0. The van der Waals surface area contributed by atoms with Crippen molar-refractivity contribution in [2.45, 2.75) is 38.0 Å². The molecule has 2 aliphatic rings. The van der Waals surface area contributed by atoms with E-state index in [0.29, 0.717) is 6.54 Å². The molecule has 2 saturated heterocycles. The van der Waals surface area contributed by atoms with Gasteiger partial charge in [-0.15, -0.1) is 0 Å². The molecule has 0 bridgehead atoms. The fourth-order valence-corrected chi connectivity index (χ4v) is 4.03. The number of carbonyl (C=O) groups excluding carboxylic acids is 1. The molecule has 3 heterocycles. The average Bonchev–Trinajstić information content (AvgIpc) is 3.35. The third kappa shape index (κ3) is 4.15. The van der Waals surface area contributed by atoms with E-state index in [-0.39, 0.29) is 11.8 Å². The third-order valence-corrected chi connectivity index (χ3v) is 5.47. The maximum absolute atomic E-state index is 12.6. The maximum atomic E-state index is 12.6. The van der Waals surface area contributed by atoms with E-state index < -0.39 is 0 Å².